The number of oxazole rings is 1. The van der Waals surface area contributed by atoms with Gasteiger partial charge in [-0.3, -0.25) is 9.56 Å². The van der Waals surface area contributed by atoms with E-state index in [1.54, 1.807) is 28.7 Å². The lowest BCUT2D eigenvalue weighted by Crippen LogP contribution is -2.43. The number of aliphatic imine (C=N–C) groups is 1. The summed E-state index contributed by atoms with van der Waals surface area (Å²) in [6.07, 6.45) is 7.25. The maximum absolute atomic E-state index is 12.3. The Balaban J connectivity index is 1.11. The van der Waals surface area contributed by atoms with Crippen molar-refractivity contribution in [1.29, 1.82) is 0 Å². The molecule has 1 aromatic carbocycles. The number of hydrogen-bond acceptors (Lipinski definition) is 9. The number of likely N-dealkylation sites (tertiary alicyclic amines) is 1. The normalized spacial score (nSPS) is 17.1. The maximum Gasteiger partial charge on any atom is 0.410 e. The fourth-order valence-corrected chi connectivity index (χ4v) is 7.14. The Labute approximate surface area is 268 Å². The van der Waals surface area contributed by atoms with Crippen molar-refractivity contribution in [3.8, 4) is 5.00 Å². The van der Waals surface area contributed by atoms with Crippen LogP contribution in [0.15, 0.2) is 46.1 Å². The van der Waals surface area contributed by atoms with Crippen LogP contribution in [0.2, 0.25) is 0 Å². The summed E-state index contributed by atoms with van der Waals surface area (Å²) in [4.78, 5) is 25.1. The van der Waals surface area contributed by atoms with Crippen molar-refractivity contribution in [2.24, 2.45) is 4.99 Å². The first kappa shape index (κ1) is 31.2. The van der Waals surface area contributed by atoms with Gasteiger partial charge in [-0.05, 0) is 78.4 Å². The predicted molar refractivity (Wildman–Crippen MR) is 174 cm³/mol. The minimum absolute atomic E-state index is 0.184. The molecule has 0 radical (unpaired) electrons. The van der Waals surface area contributed by atoms with Crippen molar-refractivity contribution < 1.29 is 18.7 Å². The molecule has 1 atom stereocenters. The maximum atomic E-state index is 12.3. The number of hydrogen-bond donors (Lipinski definition) is 0. The SMILES string of the molecule is Cc1sc2c(c1C)C(c1ccc(CCCOC3CCN(C(=O)OC(C)(C)C)CC3)cc1)=NC(Cc1ncco1)c1nnc(C)n1-2. The molecule has 0 N–H and O–H groups in total. The molecule has 0 bridgehead atoms. The standard InChI is InChI=1S/C34H42N6O4S/c1-21-22(2)45-32-29(21)30(36-27(20-28-35-15-19-43-28)31-38-37-23(3)40(31)32)25-11-9-24(10-12-25)8-7-18-42-26-13-16-39(17-14-26)33(41)44-34(4,5)6/h9-12,15,19,26-27H,7-8,13-14,16-18,20H2,1-6H3. The van der Waals surface area contributed by atoms with Gasteiger partial charge in [0.25, 0.3) is 0 Å². The van der Waals surface area contributed by atoms with Crippen LogP contribution in [0.1, 0.15) is 90.7 Å². The lowest BCUT2D eigenvalue weighted by Gasteiger charge is -2.33. The second-order valence-electron chi connectivity index (χ2n) is 12.9. The van der Waals surface area contributed by atoms with Gasteiger partial charge in [-0.2, -0.15) is 0 Å². The van der Waals surface area contributed by atoms with E-state index in [1.807, 2.05) is 27.7 Å². The van der Waals surface area contributed by atoms with Crippen molar-refractivity contribution in [2.75, 3.05) is 19.7 Å². The first-order valence-corrected chi connectivity index (χ1v) is 16.6. The summed E-state index contributed by atoms with van der Waals surface area (Å²) in [6.45, 7) is 14.0. The number of aryl methyl sites for hydroxylation is 3. The lowest BCUT2D eigenvalue weighted by atomic mass is 9.98. The van der Waals surface area contributed by atoms with Gasteiger partial charge in [0.2, 0.25) is 0 Å². The Morgan fingerprint density at radius 3 is 2.53 bits per heavy atom. The van der Waals surface area contributed by atoms with Gasteiger partial charge in [0.1, 0.15) is 28.7 Å². The lowest BCUT2D eigenvalue weighted by molar-refractivity contribution is -0.0117. The van der Waals surface area contributed by atoms with Gasteiger partial charge in [-0.1, -0.05) is 24.3 Å². The van der Waals surface area contributed by atoms with Gasteiger partial charge < -0.3 is 18.8 Å². The number of benzene rings is 1. The molecule has 1 saturated heterocycles. The topological polar surface area (TPSA) is 108 Å². The van der Waals surface area contributed by atoms with E-state index in [9.17, 15) is 4.79 Å². The molecular weight excluding hydrogens is 588 g/mol. The first-order valence-electron chi connectivity index (χ1n) is 15.7. The first-order chi connectivity index (χ1) is 21.6. The van der Waals surface area contributed by atoms with Crippen LogP contribution in [0.25, 0.3) is 5.00 Å². The van der Waals surface area contributed by atoms with E-state index in [0.717, 1.165) is 59.2 Å². The summed E-state index contributed by atoms with van der Waals surface area (Å²) in [6, 6.07) is 8.47. The highest BCUT2D eigenvalue weighted by Crippen LogP contribution is 2.39. The monoisotopic (exact) mass is 630 g/mol. The second-order valence-corrected chi connectivity index (χ2v) is 14.1. The van der Waals surface area contributed by atoms with Crippen LogP contribution in [-0.4, -0.2) is 67.9 Å². The molecule has 1 unspecified atom stereocenters. The summed E-state index contributed by atoms with van der Waals surface area (Å²) >= 11 is 1.76. The van der Waals surface area contributed by atoms with Gasteiger partial charge in [0.05, 0.1) is 24.4 Å². The quantitative estimate of drug-likeness (QED) is 0.199. The largest absolute Gasteiger partial charge is 0.449 e. The molecule has 3 aromatic heterocycles. The molecule has 2 aliphatic rings. The number of ether oxygens (including phenoxy) is 2. The van der Waals surface area contributed by atoms with E-state index in [1.165, 1.54) is 16.0 Å². The van der Waals surface area contributed by atoms with E-state index < -0.39 is 5.60 Å². The molecule has 238 valence electrons. The molecule has 0 spiro atoms. The highest BCUT2D eigenvalue weighted by molar-refractivity contribution is 7.15. The Bertz CT molecular complexity index is 1660. The molecule has 10 nitrogen and oxygen atoms in total. The van der Waals surface area contributed by atoms with Gasteiger partial charge in [-0.15, -0.1) is 21.5 Å². The Hall–Kier alpha value is -3.83. The molecule has 2 aliphatic heterocycles. The van der Waals surface area contributed by atoms with Gasteiger partial charge in [0.15, 0.2) is 11.7 Å². The summed E-state index contributed by atoms with van der Waals surface area (Å²) in [7, 11) is 0. The minimum atomic E-state index is -0.474. The summed E-state index contributed by atoms with van der Waals surface area (Å²) < 4.78 is 19.5. The van der Waals surface area contributed by atoms with Crippen LogP contribution in [0.4, 0.5) is 4.79 Å². The van der Waals surface area contributed by atoms with E-state index in [2.05, 4.69) is 57.9 Å². The molecule has 45 heavy (non-hydrogen) atoms. The van der Waals surface area contributed by atoms with Crippen molar-refractivity contribution in [2.45, 2.75) is 91.4 Å². The van der Waals surface area contributed by atoms with Crippen LogP contribution in [0.5, 0.6) is 0 Å². The van der Waals surface area contributed by atoms with Crippen molar-refractivity contribution >= 4 is 23.1 Å². The zero-order chi connectivity index (χ0) is 31.7. The van der Waals surface area contributed by atoms with Gasteiger partial charge in [-0.25, -0.2) is 9.78 Å². The van der Waals surface area contributed by atoms with Crippen LogP contribution in [0.3, 0.4) is 0 Å². The zero-order valence-electron chi connectivity index (χ0n) is 27.0. The van der Waals surface area contributed by atoms with E-state index >= 15 is 0 Å². The minimum Gasteiger partial charge on any atom is -0.449 e. The molecule has 1 fully saturated rings. The highest BCUT2D eigenvalue weighted by Gasteiger charge is 2.32. The number of carbonyl (C=O) groups is 1. The third-order valence-corrected chi connectivity index (χ3v) is 9.57. The van der Waals surface area contributed by atoms with Gasteiger partial charge in [0, 0.05) is 35.7 Å². The number of aromatic nitrogens is 4. The molecule has 1 amide bonds. The molecule has 4 aromatic rings. The fraction of sp³-hybridized carbons (Fsp3) is 0.500. The number of fused-ring (bicyclic) bond motifs is 3. The fourth-order valence-electron chi connectivity index (χ4n) is 5.93. The highest BCUT2D eigenvalue weighted by atomic mass is 32.1. The number of piperidine rings is 1. The van der Waals surface area contributed by atoms with Crippen molar-refractivity contribution in [1.82, 2.24) is 24.6 Å². The molecular formula is C34H42N6O4S. The van der Waals surface area contributed by atoms with E-state index in [4.69, 9.17) is 18.9 Å². The molecule has 0 aliphatic carbocycles. The van der Waals surface area contributed by atoms with Crippen LogP contribution < -0.4 is 0 Å². The summed E-state index contributed by atoms with van der Waals surface area (Å²) in [5, 5.41) is 10.1. The Kier molecular flexibility index (Phi) is 8.92. The van der Waals surface area contributed by atoms with Gasteiger partial charge >= 0.3 is 6.09 Å². The summed E-state index contributed by atoms with van der Waals surface area (Å²) in [5.41, 5.74) is 5.18. The Morgan fingerprint density at radius 1 is 1.09 bits per heavy atom. The van der Waals surface area contributed by atoms with Crippen LogP contribution in [-0.2, 0) is 22.3 Å². The predicted octanol–water partition coefficient (Wildman–Crippen LogP) is 6.73. The molecule has 11 heteroatoms. The zero-order valence-corrected chi connectivity index (χ0v) is 27.8. The second kappa shape index (κ2) is 12.9. The smallest absolute Gasteiger partial charge is 0.410 e. The summed E-state index contributed by atoms with van der Waals surface area (Å²) in [5.74, 6) is 2.27. The van der Waals surface area contributed by atoms with E-state index in [0.29, 0.717) is 32.0 Å². The average molecular weight is 631 g/mol. The molecule has 5 heterocycles. The third kappa shape index (κ3) is 6.89. The number of rotatable bonds is 8. The number of carbonyl (C=O) groups excluding carboxylic acids is 1. The van der Waals surface area contributed by atoms with E-state index in [-0.39, 0.29) is 18.2 Å². The van der Waals surface area contributed by atoms with Crippen LogP contribution in [0, 0.1) is 20.8 Å². The average Bonchev–Trinajstić information content (AvgIpc) is 3.71. The number of thiophene rings is 1. The van der Waals surface area contributed by atoms with Crippen molar-refractivity contribution in [3.63, 3.8) is 0 Å². The molecule has 0 saturated carbocycles. The Morgan fingerprint density at radius 2 is 1.84 bits per heavy atom. The van der Waals surface area contributed by atoms with Crippen LogP contribution >= 0.6 is 11.3 Å². The molecule has 6 rings (SSSR count). The number of nitrogens with zero attached hydrogens (tertiary/aromatic N) is 6. The number of amides is 1. The van der Waals surface area contributed by atoms with Crippen molar-refractivity contribution in [3.05, 3.63) is 81.4 Å². The third-order valence-electron chi connectivity index (χ3n) is 8.38.